The first-order valence-electron chi connectivity index (χ1n) is 7.81. The molecule has 5 nitrogen and oxygen atoms in total. The van der Waals surface area contributed by atoms with Crippen LogP contribution in [0.2, 0.25) is 0 Å². The summed E-state index contributed by atoms with van der Waals surface area (Å²) in [7, 11) is 0. The minimum Gasteiger partial charge on any atom is -0.481 e. The zero-order valence-electron chi connectivity index (χ0n) is 12.4. The van der Waals surface area contributed by atoms with E-state index in [0.29, 0.717) is 5.69 Å². The summed E-state index contributed by atoms with van der Waals surface area (Å²) in [5.74, 6) is -2.57. The monoisotopic (exact) mass is 311 g/mol. The molecule has 2 aromatic carbocycles. The fourth-order valence-corrected chi connectivity index (χ4v) is 3.82. The maximum absolute atomic E-state index is 12.6. The Balaban J connectivity index is 1.57. The van der Waals surface area contributed by atoms with Crippen molar-refractivity contribution in [3.05, 3.63) is 42.5 Å². The van der Waals surface area contributed by atoms with Gasteiger partial charge in [-0.15, -0.1) is 0 Å². The molecule has 4 atom stereocenters. The van der Waals surface area contributed by atoms with Gasteiger partial charge < -0.3 is 15.2 Å². The Labute approximate surface area is 133 Å². The number of hydrogen-bond acceptors (Lipinski definition) is 3. The van der Waals surface area contributed by atoms with Crippen LogP contribution in [0, 0.1) is 11.8 Å². The number of nitrogens with one attached hydrogen (secondary N) is 1. The highest BCUT2D eigenvalue weighted by Crippen LogP contribution is 2.44. The average Bonchev–Trinajstić information content (AvgIpc) is 3.15. The molecule has 2 N–H and O–H groups in total. The molecule has 1 amide bonds. The maximum atomic E-state index is 12.6. The molecule has 2 saturated heterocycles. The fourth-order valence-electron chi connectivity index (χ4n) is 3.82. The van der Waals surface area contributed by atoms with Crippen molar-refractivity contribution in [2.45, 2.75) is 25.0 Å². The van der Waals surface area contributed by atoms with Crippen molar-refractivity contribution >= 4 is 28.3 Å². The fraction of sp³-hybridized carbons (Fsp3) is 0.333. The third kappa shape index (κ3) is 2.37. The van der Waals surface area contributed by atoms with Gasteiger partial charge in [-0.05, 0) is 35.7 Å². The lowest BCUT2D eigenvalue weighted by Gasteiger charge is -2.23. The zero-order chi connectivity index (χ0) is 16.0. The van der Waals surface area contributed by atoms with E-state index in [-0.39, 0.29) is 18.1 Å². The number of rotatable bonds is 3. The highest BCUT2D eigenvalue weighted by molar-refractivity contribution is 5.98. The van der Waals surface area contributed by atoms with Crippen molar-refractivity contribution in [1.29, 1.82) is 0 Å². The van der Waals surface area contributed by atoms with Crippen molar-refractivity contribution in [1.82, 2.24) is 0 Å². The van der Waals surface area contributed by atoms with Gasteiger partial charge in [0.2, 0.25) is 5.91 Å². The largest absolute Gasteiger partial charge is 0.481 e. The number of carbonyl (C=O) groups is 2. The molecule has 2 heterocycles. The second-order valence-electron chi connectivity index (χ2n) is 6.23. The summed E-state index contributed by atoms with van der Waals surface area (Å²) in [6, 6.07) is 13.6. The highest BCUT2D eigenvalue weighted by atomic mass is 16.5. The predicted molar refractivity (Wildman–Crippen MR) is 85.1 cm³/mol. The number of benzene rings is 2. The summed E-state index contributed by atoms with van der Waals surface area (Å²) in [4.78, 5) is 24.1. The number of carbonyl (C=O) groups excluding carboxylic acids is 1. The highest BCUT2D eigenvalue weighted by Gasteiger charge is 2.55. The summed E-state index contributed by atoms with van der Waals surface area (Å²) in [5, 5.41) is 14.4. The van der Waals surface area contributed by atoms with Crippen molar-refractivity contribution in [3.63, 3.8) is 0 Å². The van der Waals surface area contributed by atoms with Crippen LogP contribution >= 0.6 is 0 Å². The number of hydrogen-bond donors (Lipinski definition) is 2. The predicted octanol–water partition coefficient (Wildman–Crippen LogP) is 2.66. The second-order valence-corrected chi connectivity index (χ2v) is 6.23. The Morgan fingerprint density at radius 3 is 2.43 bits per heavy atom. The van der Waals surface area contributed by atoms with E-state index < -0.39 is 17.8 Å². The second kappa shape index (κ2) is 5.35. The van der Waals surface area contributed by atoms with E-state index in [1.165, 1.54) is 0 Å². The summed E-state index contributed by atoms with van der Waals surface area (Å²) in [6.07, 6.45) is 0.873. The van der Waals surface area contributed by atoms with E-state index >= 15 is 0 Å². The van der Waals surface area contributed by atoms with Gasteiger partial charge in [0.05, 0.1) is 24.0 Å². The molecule has 0 radical (unpaired) electrons. The van der Waals surface area contributed by atoms with E-state index in [4.69, 9.17) is 4.74 Å². The lowest BCUT2D eigenvalue weighted by molar-refractivity contribution is -0.147. The molecule has 0 unspecified atom stereocenters. The van der Waals surface area contributed by atoms with Crippen molar-refractivity contribution in [2.75, 3.05) is 5.32 Å². The van der Waals surface area contributed by atoms with E-state index in [0.717, 1.165) is 23.6 Å². The summed E-state index contributed by atoms with van der Waals surface area (Å²) >= 11 is 0. The minimum atomic E-state index is -0.948. The molecule has 2 aliphatic rings. The molecule has 2 fully saturated rings. The number of anilines is 1. The molecule has 2 bridgehead atoms. The Morgan fingerprint density at radius 1 is 1.00 bits per heavy atom. The van der Waals surface area contributed by atoms with E-state index in [1.807, 2.05) is 42.5 Å². The van der Waals surface area contributed by atoms with Crippen LogP contribution in [0.3, 0.4) is 0 Å². The zero-order valence-corrected chi connectivity index (χ0v) is 12.4. The van der Waals surface area contributed by atoms with E-state index in [9.17, 15) is 14.7 Å². The standard InChI is InChI=1S/C18H17NO4/c20-17(15-13-7-8-14(23-13)16(15)18(21)22)19-12-6-5-10-3-1-2-4-11(10)9-12/h1-6,9,13-16H,7-8H2,(H,19,20)(H,21,22)/t13-,14+,15+,16-/m0/s1. The van der Waals surface area contributed by atoms with Crippen LogP contribution in [0.5, 0.6) is 0 Å². The Kier molecular flexibility index (Phi) is 3.31. The molecule has 5 heteroatoms. The van der Waals surface area contributed by atoms with E-state index in [1.54, 1.807) is 0 Å². The van der Waals surface area contributed by atoms with Gasteiger partial charge >= 0.3 is 5.97 Å². The van der Waals surface area contributed by atoms with E-state index in [2.05, 4.69) is 5.32 Å². The Hall–Kier alpha value is -2.40. The molecule has 0 spiro atoms. The molecule has 0 aromatic heterocycles. The van der Waals surface area contributed by atoms with Crippen LogP contribution in [0.4, 0.5) is 5.69 Å². The minimum absolute atomic E-state index is 0.264. The lowest BCUT2D eigenvalue weighted by Crippen LogP contribution is -2.40. The molecule has 23 heavy (non-hydrogen) atoms. The first-order chi connectivity index (χ1) is 11.1. The number of aliphatic carboxylic acids is 1. The first kappa shape index (κ1) is 14.2. The van der Waals surface area contributed by atoms with Gasteiger partial charge in [-0.3, -0.25) is 9.59 Å². The number of amides is 1. The Morgan fingerprint density at radius 2 is 1.70 bits per heavy atom. The normalized spacial score (nSPS) is 28.9. The summed E-state index contributed by atoms with van der Waals surface area (Å²) in [6.45, 7) is 0. The van der Waals surface area contributed by atoms with Crippen LogP contribution in [0.25, 0.3) is 10.8 Å². The van der Waals surface area contributed by atoms with Gasteiger partial charge in [-0.25, -0.2) is 0 Å². The van der Waals surface area contributed by atoms with Crippen LogP contribution in [0.15, 0.2) is 42.5 Å². The quantitative estimate of drug-likeness (QED) is 0.914. The number of fused-ring (bicyclic) bond motifs is 3. The van der Waals surface area contributed by atoms with Gasteiger partial charge in [-0.2, -0.15) is 0 Å². The third-order valence-electron chi connectivity index (χ3n) is 4.88. The van der Waals surface area contributed by atoms with Gasteiger partial charge in [0.1, 0.15) is 0 Å². The van der Waals surface area contributed by atoms with Crippen molar-refractivity contribution in [3.8, 4) is 0 Å². The average molecular weight is 311 g/mol. The van der Waals surface area contributed by atoms with Gasteiger partial charge in [0.25, 0.3) is 0 Å². The van der Waals surface area contributed by atoms with Crippen LogP contribution in [0.1, 0.15) is 12.8 Å². The molecule has 2 aromatic rings. The van der Waals surface area contributed by atoms with Crippen LogP contribution in [-0.2, 0) is 14.3 Å². The van der Waals surface area contributed by atoms with Crippen molar-refractivity contribution in [2.24, 2.45) is 11.8 Å². The summed E-state index contributed by atoms with van der Waals surface area (Å²) in [5.41, 5.74) is 0.681. The van der Waals surface area contributed by atoms with Gasteiger partial charge in [-0.1, -0.05) is 30.3 Å². The number of ether oxygens (including phenoxy) is 1. The van der Waals surface area contributed by atoms with Gasteiger partial charge in [0, 0.05) is 5.69 Å². The Bertz CT molecular complexity index is 787. The molecular weight excluding hydrogens is 294 g/mol. The van der Waals surface area contributed by atoms with Crippen LogP contribution in [-0.4, -0.2) is 29.2 Å². The molecular formula is C18H17NO4. The maximum Gasteiger partial charge on any atom is 0.310 e. The third-order valence-corrected chi connectivity index (χ3v) is 4.88. The van der Waals surface area contributed by atoms with Crippen LogP contribution < -0.4 is 5.32 Å². The smallest absolute Gasteiger partial charge is 0.310 e. The summed E-state index contributed by atoms with van der Waals surface area (Å²) < 4.78 is 5.65. The molecule has 0 aliphatic carbocycles. The molecule has 0 saturated carbocycles. The molecule has 2 aliphatic heterocycles. The lowest BCUT2D eigenvalue weighted by atomic mass is 9.78. The number of carboxylic acid groups (broad SMARTS) is 1. The molecule has 4 rings (SSSR count). The number of carboxylic acids is 1. The molecule has 118 valence electrons. The first-order valence-corrected chi connectivity index (χ1v) is 7.81. The SMILES string of the molecule is O=C(O)[C@@H]1[C@H](C(=O)Nc2ccc3ccccc3c2)[C@@H]2CC[C@H]1O2. The topological polar surface area (TPSA) is 75.6 Å². The van der Waals surface area contributed by atoms with Gasteiger partial charge in [0.15, 0.2) is 0 Å². The van der Waals surface area contributed by atoms with Crippen molar-refractivity contribution < 1.29 is 19.4 Å².